The number of carboxylic acid groups (broad SMARTS) is 1. The Morgan fingerprint density at radius 3 is 2.30 bits per heavy atom. The molecule has 1 N–H and O–H groups in total. The monoisotopic (exact) mass is 280 g/mol. The maximum Gasteiger partial charge on any atom is 0.339 e. The zero-order valence-corrected chi connectivity index (χ0v) is 13.0. The zero-order valence-electron chi connectivity index (χ0n) is 13.0. The van der Waals surface area contributed by atoms with Crippen molar-refractivity contribution in [1.29, 1.82) is 0 Å². The number of hydrogen-bond acceptors (Lipinski definition) is 5. The Balaban J connectivity index is 3.18. The summed E-state index contributed by atoms with van der Waals surface area (Å²) in [6.07, 6.45) is 0.932. The second-order valence-electron chi connectivity index (χ2n) is 5.20. The molecule has 0 saturated heterocycles. The summed E-state index contributed by atoms with van der Waals surface area (Å²) in [5, 5.41) is 17.7. The second-order valence-corrected chi connectivity index (χ2v) is 5.20. The smallest absolute Gasteiger partial charge is 0.339 e. The number of carbonyl (C=O) groups is 1. The molecule has 0 spiro atoms. The molecule has 0 atom stereocenters. The maximum absolute atomic E-state index is 11.5. The van der Waals surface area contributed by atoms with Crippen molar-refractivity contribution in [3.8, 4) is 0 Å². The van der Waals surface area contributed by atoms with Crippen LogP contribution in [-0.4, -0.2) is 59.9 Å². The molecule has 0 aliphatic rings. The minimum absolute atomic E-state index is 0.268. The standard InChI is InChI=1S/C14H24N4O2/c1-6-7-18(9-8-17(4)5)13-12(14(19)20)10(2)11(3)15-16-13/h6-9H2,1-5H3,(H,19,20). The minimum atomic E-state index is -0.943. The van der Waals surface area contributed by atoms with Gasteiger partial charge < -0.3 is 14.9 Å². The van der Waals surface area contributed by atoms with Crippen molar-refractivity contribution in [2.45, 2.75) is 27.2 Å². The van der Waals surface area contributed by atoms with E-state index in [4.69, 9.17) is 0 Å². The van der Waals surface area contributed by atoms with Gasteiger partial charge in [0.05, 0.1) is 5.69 Å². The van der Waals surface area contributed by atoms with E-state index in [0.29, 0.717) is 17.1 Å². The second kappa shape index (κ2) is 7.19. The third-order valence-electron chi connectivity index (χ3n) is 3.26. The number of carboxylic acids is 1. The van der Waals surface area contributed by atoms with Gasteiger partial charge in [0.1, 0.15) is 5.56 Å². The lowest BCUT2D eigenvalue weighted by Crippen LogP contribution is -2.34. The Hall–Kier alpha value is -1.69. The predicted molar refractivity (Wildman–Crippen MR) is 79.5 cm³/mol. The lowest BCUT2D eigenvalue weighted by atomic mass is 10.1. The molecular formula is C14H24N4O2. The quantitative estimate of drug-likeness (QED) is 0.817. The van der Waals surface area contributed by atoms with Gasteiger partial charge in [-0.15, -0.1) is 5.10 Å². The number of anilines is 1. The molecule has 0 aliphatic carbocycles. The molecular weight excluding hydrogens is 256 g/mol. The normalized spacial score (nSPS) is 10.9. The number of aromatic nitrogens is 2. The van der Waals surface area contributed by atoms with Gasteiger partial charge in [-0.2, -0.15) is 5.10 Å². The van der Waals surface area contributed by atoms with E-state index in [1.54, 1.807) is 13.8 Å². The third kappa shape index (κ3) is 3.90. The van der Waals surface area contributed by atoms with Crippen LogP contribution in [-0.2, 0) is 0 Å². The summed E-state index contributed by atoms with van der Waals surface area (Å²) >= 11 is 0. The Labute approximate surface area is 120 Å². The number of aryl methyl sites for hydroxylation is 1. The van der Waals surface area contributed by atoms with E-state index in [-0.39, 0.29) is 5.56 Å². The van der Waals surface area contributed by atoms with E-state index in [0.717, 1.165) is 26.1 Å². The van der Waals surface area contributed by atoms with Crippen LogP contribution in [0.25, 0.3) is 0 Å². The largest absolute Gasteiger partial charge is 0.478 e. The van der Waals surface area contributed by atoms with Crippen LogP contribution in [0, 0.1) is 13.8 Å². The Kier molecular flexibility index (Phi) is 5.88. The zero-order chi connectivity index (χ0) is 15.3. The molecule has 1 rings (SSSR count). The number of hydrogen-bond donors (Lipinski definition) is 1. The first-order chi connectivity index (χ1) is 9.38. The molecule has 0 saturated carbocycles. The molecule has 0 unspecified atom stereocenters. The summed E-state index contributed by atoms with van der Waals surface area (Å²) in [5.74, 6) is -0.467. The molecule has 20 heavy (non-hydrogen) atoms. The molecule has 0 fully saturated rings. The summed E-state index contributed by atoms with van der Waals surface area (Å²) in [6.45, 7) is 7.98. The Bertz CT molecular complexity index is 474. The molecule has 112 valence electrons. The van der Waals surface area contributed by atoms with E-state index >= 15 is 0 Å². The lowest BCUT2D eigenvalue weighted by molar-refractivity contribution is 0.0696. The highest BCUT2D eigenvalue weighted by molar-refractivity contribution is 5.95. The average molecular weight is 280 g/mol. The van der Waals surface area contributed by atoms with E-state index in [9.17, 15) is 9.90 Å². The molecule has 0 amide bonds. The third-order valence-corrected chi connectivity index (χ3v) is 3.26. The molecule has 0 aliphatic heterocycles. The SMILES string of the molecule is CCCN(CCN(C)C)c1nnc(C)c(C)c1C(=O)O. The molecule has 0 radical (unpaired) electrons. The van der Waals surface area contributed by atoms with E-state index in [1.807, 2.05) is 19.0 Å². The summed E-state index contributed by atoms with van der Waals surface area (Å²) in [6, 6.07) is 0. The lowest BCUT2D eigenvalue weighted by Gasteiger charge is -2.26. The average Bonchev–Trinajstić information content (AvgIpc) is 2.37. The van der Waals surface area contributed by atoms with Crippen molar-refractivity contribution in [3.05, 3.63) is 16.8 Å². The number of rotatable bonds is 7. The molecule has 0 bridgehead atoms. The first-order valence-electron chi connectivity index (χ1n) is 6.85. The molecule has 0 aromatic carbocycles. The van der Waals surface area contributed by atoms with Crippen LogP contribution in [0.1, 0.15) is 35.0 Å². The highest BCUT2D eigenvalue weighted by Gasteiger charge is 2.21. The van der Waals surface area contributed by atoms with Crippen LogP contribution in [0.2, 0.25) is 0 Å². The summed E-state index contributed by atoms with van der Waals surface area (Å²) in [5.41, 5.74) is 1.62. The minimum Gasteiger partial charge on any atom is -0.478 e. The van der Waals surface area contributed by atoms with Crippen LogP contribution in [0.4, 0.5) is 5.82 Å². The highest BCUT2D eigenvalue weighted by Crippen LogP contribution is 2.22. The van der Waals surface area contributed by atoms with Gasteiger partial charge in [0.25, 0.3) is 0 Å². The van der Waals surface area contributed by atoms with Crippen molar-refractivity contribution < 1.29 is 9.90 Å². The van der Waals surface area contributed by atoms with Gasteiger partial charge in [0, 0.05) is 19.6 Å². The molecule has 1 heterocycles. The van der Waals surface area contributed by atoms with Gasteiger partial charge in [-0.25, -0.2) is 4.79 Å². The van der Waals surface area contributed by atoms with Crippen molar-refractivity contribution in [3.63, 3.8) is 0 Å². The molecule has 1 aromatic heterocycles. The Morgan fingerprint density at radius 2 is 1.80 bits per heavy atom. The predicted octanol–water partition coefficient (Wildman–Crippen LogP) is 1.57. The van der Waals surface area contributed by atoms with Gasteiger partial charge in [-0.3, -0.25) is 0 Å². The number of nitrogens with zero attached hydrogens (tertiary/aromatic N) is 4. The van der Waals surface area contributed by atoms with E-state index in [1.165, 1.54) is 0 Å². The van der Waals surface area contributed by atoms with Crippen LogP contribution >= 0.6 is 0 Å². The van der Waals surface area contributed by atoms with Crippen LogP contribution in [0.5, 0.6) is 0 Å². The topological polar surface area (TPSA) is 69.6 Å². The van der Waals surface area contributed by atoms with E-state index < -0.39 is 5.97 Å². The van der Waals surface area contributed by atoms with Crippen molar-refractivity contribution >= 4 is 11.8 Å². The van der Waals surface area contributed by atoms with Gasteiger partial charge in [0.15, 0.2) is 5.82 Å². The van der Waals surface area contributed by atoms with Gasteiger partial charge in [-0.05, 0) is 39.9 Å². The first-order valence-corrected chi connectivity index (χ1v) is 6.85. The molecule has 6 nitrogen and oxygen atoms in total. The van der Waals surface area contributed by atoms with E-state index in [2.05, 4.69) is 22.0 Å². The Morgan fingerprint density at radius 1 is 1.15 bits per heavy atom. The summed E-state index contributed by atoms with van der Waals surface area (Å²) in [4.78, 5) is 15.6. The first kappa shape index (κ1) is 16.4. The van der Waals surface area contributed by atoms with Gasteiger partial charge >= 0.3 is 5.97 Å². The fourth-order valence-corrected chi connectivity index (χ4v) is 1.99. The van der Waals surface area contributed by atoms with Crippen LogP contribution in [0.15, 0.2) is 0 Å². The van der Waals surface area contributed by atoms with Crippen LogP contribution in [0.3, 0.4) is 0 Å². The van der Waals surface area contributed by atoms with Crippen molar-refractivity contribution in [1.82, 2.24) is 15.1 Å². The summed E-state index contributed by atoms with van der Waals surface area (Å²) < 4.78 is 0. The van der Waals surface area contributed by atoms with Crippen LogP contribution < -0.4 is 4.90 Å². The highest BCUT2D eigenvalue weighted by atomic mass is 16.4. The fourth-order valence-electron chi connectivity index (χ4n) is 1.99. The maximum atomic E-state index is 11.5. The van der Waals surface area contributed by atoms with Gasteiger partial charge in [-0.1, -0.05) is 6.92 Å². The number of likely N-dealkylation sites (N-methyl/N-ethyl adjacent to an activating group) is 1. The van der Waals surface area contributed by atoms with Crippen molar-refractivity contribution in [2.75, 3.05) is 38.6 Å². The van der Waals surface area contributed by atoms with Crippen molar-refractivity contribution in [2.24, 2.45) is 0 Å². The molecule has 6 heteroatoms. The number of aromatic carboxylic acids is 1. The fraction of sp³-hybridized carbons (Fsp3) is 0.643. The molecule has 1 aromatic rings. The summed E-state index contributed by atoms with van der Waals surface area (Å²) in [7, 11) is 3.99. The van der Waals surface area contributed by atoms with Gasteiger partial charge in [0.2, 0.25) is 0 Å².